The van der Waals surface area contributed by atoms with Crippen molar-refractivity contribution in [2.24, 2.45) is 0 Å². The van der Waals surface area contributed by atoms with E-state index in [0.29, 0.717) is 23.8 Å². The van der Waals surface area contributed by atoms with E-state index in [4.69, 9.17) is 21.1 Å². The van der Waals surface area contributed by atoms with Crippen LogP contribution in [0, 0.1) is 0 Å². The van der Waals surface area contributed by atoms with Gasteiger partial charge in [-0.25, -0.2) is 0 Å². The predicted octanol–water partition coefficient (Wildman–Crippen LogP) is 3.22. The van der Waals surface area contributed by atoms with Gasteiger partial charge in [-0.15, -0.1) is 0 Å². The van der Waals surface area contributed by atoms with E-state index in [-0.39, 0.29) is 10.8 Å². The largest absolute Gasteiger partial charge is 0.495 e. The van der Waals surface area contributed by atoms with Gasteiger partial charge in [-0.05, 0) is 31.0 Å². The summed E-state index contributed by atoms with van der Waals surface area (Å²) in [5, 5.41) is 0.554. The third-order valence-corrected chi connectivity index (χ3v) is 3.18. The van der Waals surface area contributed by atoms with Crippen molar-refractivity contribution in [1.82, 2.24) is 0 Å². The Labute approximate surface area is 114 Å². The zero-order chi connectivity index (χ0) is 12.8. The third-order valence-electron chi connectivity index (χ3n) is 2.17. The summed E-state index contributed by atoms with van der Waals surface area (Å²) in [7, 11) is 1.56. The second-order valence-electron chi connectivity index (χ2n) is 3.39. The first-order chi connectivity index (χ1) is 8.08. The smallest absolute Gasteiger partial charge is 0.320 e. The molecule has 0 fully saturated rings. The quantitative estimate of drug-likeness (QED) is 0.617. The summed E-state index contributed by atoms with van der Waals surface area (Å²) in [5.41, 5.74) is 0.959. The second-order valence-corrected chi connectivity index (χ2v) is 4.91. The summed E-state index contributed by atoms with van der Waals surface area (Å²) in [6, 6.07) is 5.43. The summed E-state index contributed by atoms with van der Waals surface area (Å²) < 4.78 is 10.0. The van der Waals surface area contributed by atoms with Crippen LogP contribution in [-0.2, 0) is 16.0 Å². The van der Waals surface area contributed by atoms with Gasteiger partial charge in [0.15, 0.2) is 0 Å². The molecule has 0 N–H and O–H groups in total. The van der Waals surface area contributed by atoms with Gasteiger partial charge in [0, 0.05) is 0 Å². The van der Waals surface area contributed by atoms with E-state index in [0.717, 1.165) is 5.56 Å². The van der Waals surface area contributed by atoms with Crippen LogP contribution >= 0.6 is 27.5 Å². The lowest BCUT2D eigenvalue weighted by molar-refractivity contribution is -0.142. The highest BCUT2D eigenvalue weighted by molar-refractivity contribution is 9.10. The molecule has 0 aromatic heterocycles. The fourth-order valence-electron chi connectivity index (χ4n) is 1.35. The average Bonchev–Trinajstić information content (AvgIpc) is 2.31. The second kappa shape index (κ2) is 6.87. The Kier molecular flexibility index (Phi) is 5.78. The Balaban J connectivity index is 2.71. The van der Waals surface area contributed by atoms with Gasteiger partial charge < -0.3 is 9.47 Å². The molecule has 1 aromatic carbocycles. The molecule has 94 valence electrons. The minimum absolute atomic E-state index is 0.263. The highest BCUT2D eigenvalue weighted by atomic mass is 79.9. The molecule has 1 aromatic rings. The van der Waals surface area contributed by atoms with Crippen molar-refractivity contribution in [1.29, 1.82) is 0 Å². The number of ether oxygens (including phenoxy) is 2. The molecule has 1 rings (SSSR count). The molecular weight excluding hydrogens is 307 g/mol. The maximum atomic E-state index is 11.4. The normalized spacial score (nSPS) is 12.0. The van der Waals surface area contributed by atoms with Gasteiger partial charge in [0.05, 0.1) is 18.7 Å². The highest BCUT2D eigenvalue weighted by Crippen LogP contribution is 2.26. The summed E-state index contributed by atoms with van der Waals surface area (Å²) >= 11 is 9.21. The molecule has 0 radical (unpaired) electrons. The molecule has 0 bridgehead atoms. The van der Waals surface area contributed by atoms with Crippen LogP contribution in [0.15, 0.2) is 18.2 Å². The fourth-order valence-corrected chi connectivity index (χ4v) is 2.05. The maximum absolute atomic E-state index is 11.4. The van der Waals surface area contributed by atoms with Crippen molar-refractivity contribution < 1.29 is 14.3 Å². The number of benzene rings is 1. The molecule has 17 heavy (non-hydrogen) atoms. The van der Waals surface area contributed by atoms with E-state index < -0.39 is 0 Å². The Hall–Kier alpha value is -0.740. The maximum Gasteiger partial charge on any atom is 0.320 e. The van der Waals surface area contributed by atoms with Crippen LogP contribution < -0.4 is 4.74 Å². The van der Waals surface area contributed by atoms with Crippen LogP contribution in [0.5, 0.6) is 5.75 Å². The molecule has 0 saturated carbocycles. The van der Waals surface area contributed by atoms with Crippen molar-refractivity contribution in [3.8, 4) is 5.75 Å². The number of methoxy groups -OCH3 is 1. The number of halogens is 2. The molecule has 0 spiro atoms. The molecule has 1 atom stereocenters. The lowest BCUT2D eigenvalue weighted by Gasteiger charge is -2.10. The molecule has 5 heteroatoms. The molecule has 0 saturated heterocycles. The minimum atomic E-state index is -0.353. The van der Waals surface area contributed by atoms with E-state index in [1.165, 1.54) is 0 Å². The number of carbonyl (C=O) groups is 1. The minimum Gasteiger partial charge on any atom is -0.495 e. The third kappa shape index (κ3) is 4.21. The molecular formula is C12H14BrClO3. The first kappa shape index (κ1) is 14.3. The van der Waals surface area contributed by atoms with Gasteiger partial charge in [-0.2, -0.15) is 0 Å². The van der Waals surface area contributed by atoms with Crippen molar-refractivity contribution in [2.75, 3.05) is 13.7 Å². The van der Waals surface area contributed by atoms with E-state index >= 15 is 0 Å². The molecule has 0 heterocycles. The molecule has 0 aliphatic carbocycles. The number of alkyl halides is 1. The van der Waals surface area contributed by atoms with Crippen molar-refractivity contribution in [3.63, 3.8) is 0 Å². The van der Waals surface area contributed by atoms with Gasteiger partial charge in [-0.3, -0.25) is 4.79 Å². The Bertz CT molecular complexity index is 395. The molecule has 1 unspecified atom stereocenters. The number of hydrogen-bond donors (Lipinski definition) is 0. The number of esters is 1. The highest BCUT2D eigenvalue weighted by Gasteiger charge is 2.17. The molecule has 0 aliphatic rings. The van der Waals surface area contributed by atoms with Crippen LogP contribution in [0.4, 0.5) is 0 Å². The van der Waals surface area contributed by atoms with E-state index in [9.17, 15) is 4.79 Å². The predicted molar refractivity (Wildman–Crippen MR) is 71.1 cm³/mol. The summed E-state index contributed by atoms with van der Waals surface area (Å²) in [6.45, 7) is 2.16. The zero-order valence-electron chi connectivity index (χ0n) is 9.70. The average molecular weight is 322 g/mol. The Morgan fingerprint density at radius 3 is 2.82 bits per heavy atom. The van der Waals surface area contributed by atoms with Crippen molar-refractivity contribution in [3.05, 3.63) is 28.8 Å². The first-order valence-electron chi connectivity index (χ1n) is 5.21. The van der Waals surface area contributed by atoms with Crippen LogP contribution in [0.1, 0.15) is 12.5 Å². The van der Waals surface area contributed by atoms with Crippen molar-refractivity contribution in [2.45, 2.75) is 18.2 Å². The topological polar surface area (TPSA) is 35.5 Å². The monoisotopic (exact) mass is 320 g/mol. The summed E-state index contributed by atoms with van der Waals surface area (Å²) in [5.74, 6) is 0.342. The standard InChI is InChI=1S/C12H14BrClO3/c1-3-17-12(15)9(13)6-8-4-5-10(14)11(7-8)16-2/h4-5,7,9H,3,6H2,1-2H3. The lowest BCUT2D eigenvalue weighted by atomic mass is 10.1. The molecule has 0 amide bonds. The zero-order valence-corrected chi connectivity index (χ0v) is 12.0. The van der Waals surface area contributed by atoms with Crippen LogP contribution in [0.3, 0.4) is 0 Å². The summed E-state index contributed by atoms with van der Waals surface area (Å²) in [6.07, 6.45) is 0.534. The fraction of sp³-hybridized carbons (Fsp3) is 0.417. The van der Waals surface area contributed by atoms with E-state index in [1.807, 2.05) is 12.1 Å². The van der Waals surface area contributed by atoms with Crippen LogP contribution in [0.25, 0.3) is 0 Å². The Morgan fingerprint density at radius 2 is 2.24 bits per heavy atom. The number of carbonyl (C=O) groups excluding carboxylic acids is 1. The number of hydrogen-bond acceptors (Lipinski definition) is 3. The lowest BCUT2D eigenvalue weighted by Crippen LogP contribution is -2.19. The van der Waals surface area contributed by atoms with Gasteiger partial charge in [-0.1, -0.05) is 33.6 Å². The van der Waals surface area contributed by atoms with E-state index in [1.54, 1.807) is 20.1 Å². The SMILES string of the molecule is CCOC(=O)C(Br)Cc1ccc(Cl)c(OC)c1. The van der Waals surface area contributed by atoms with Gasteiger partial charge in [0.2, 0.25) is 0 Å². The van der Waals surface area contributed by atoms with E-state index in [2.05, 4.69) is 15.9 Å². The first-order valence-corrected chi connectivity index (χ1v) is 6.51. The van der Waals surface area contributed by atoms with Gasteiger partial charge in [0.1, 0.15) is 10.6 Å². The van der Waals surface area contributed by atoms with Crippen molar-refractivity contribution >= 4 is 33.5 Å². The van der Waals surface area contributed by atoms with Gasteiger partial charge in [0.25, 0.3) is 0 Å². The molecule has 3 nitrogen and oxygen atoms in total. The van der Waals surface area contributed by atoms with Gasteiger partial charge >= 0.3 is 5.97 Å². The van der Waals surface area contributed by atoms with Crippen LogP contribution in [0.2, 0.25) is 5.02 Å². The molecule has 0 aliphatic heterocycles. The van der Waals surface area contributed by atoms with Crippen LogP contribution in [-0.4, -0.2) is 24.5 Å². The summed E-state index contributed by atoms with van der Waals surface area (Å²) in [4.78, 5) is 11.1. The number of rotatable bonds is 5. The Morgan fingerprint density at radius 1 is 1.53 bits per heavy atom.